The average molecular weight is 300 g/mol. The Morgan fingerprint density at radius 3 is 3.00 bits per heavy atom. The van der Waals surface area contributed by atoms with E-state index >= 15 is 0 Å². The maximum atomic E-state index is 12.3. The molecule has 1 aromatic rings. The normalized spacial score (nSPS) is 23.9. The zero-order valence-electron chi connectivity index (χ0n) is 12.0. The van der Waals surface area contributed by atoms with Crippen molar-refractivity contribution in [3.05, 3.63) is 12.4 Å². The molecule has 7 heteroatoms. The van der Waals surface area contributed by atoms with Crippen molar-refractivity contribution in [1.82, 2.24) is 14.5 Å². The van der Waals surface area contributed by atoms with Crippen LogP contribution in [-0.4, -0.2) is 30.8 Å². The Hall–Kier alpha value is -0.920. The molecule has 0 aromatic carbocycles. The number of nitrogens with zero attached hydrogens (tertiary/aromatic N) is 2. The van der Waals surface area contributed by atoms with Crippen LogP contribution in [0.25, 0.3) is 0 Å². The van der Waals surface area contributed by atoms with Crippen molar-refractivity contribution in [2.24, 2.45) is 11.7 Å². The molecule has 20 heavy (non-hydrogen) atoms. The molecule has 1 heterocycles. The summed E-state index contributed by atoms with van der Waals surface area (Å²) in [6, 6.07) is 0.0520. The van der Waals surface area contributed by atoms with Gasteiger partial charge >= 0.3 is 0 Å². The topological polar surface area (TPSA) is 90.0 Å². The van der Waals surface area contributed by atoms with E-state index in [1.165, 1.54) is 12.6 Å². The molecular weight excluding hydrogens is 276 g/mol. The largest absolute Gasteiger partial charge is 0.330 e. The smallest absolute Gasteiger partial charge is 0.243 e. The van der Waals surface area contributed by atoms with E-state index in [9.17, 15) is 8.42 Å². The standard InChI is InChI=1S/C13H24N4O2S/c1-11-4-2-5-12(8-11)16-20(18,19)13-9-15-17(10-13)7-3-6-14/h9-12,16H,2-8,14H2,1H3. The first-order valence-corrected chi connectivity index (χ1v) is 8.74. The lowest BCUT2D eigenvalue weighted by Crippen LogP contribution is -2.37. The minimum atomic E-state index is -3.45. The van der Waals surface area contributed by atoms with Gasteiger partial charge in [0.25, 0.3) is 0 Å². The van der Waals surface area contributed by atoms with E-state index in [0.29, 0.717) is 19.0 Å². The van der Waals surface area contributed by atoms with Gasteiger partial charge in [-0.25, -0.2) is 13.1 Å². The van der Waals surface area contributed by atoms with Crippen LogP contribution in [0.5, 0.6) is 0 Å². The van der Waals surface area contributed by atoms with E-state index in [4.69, 9.17) is 5.73 Å². The first kappa shape index (κ1) is 15.5. The van der Waals surface area contributed by atoms with Crippen LogP contribution in [0, 0.1) is 5.92 Å². The predicted octanol–water partition coefficient (Wildman–Crippen LogP) is 1.09. The van der Waals surface area contributed by atoms with E-state index in [0.717, 1.165) is 25.7 Å². The van der Waals surface area contributed by atoms with Gasteiger partial charge in [-0.05, 0) is 31.7 Å². The van der Waals surface area contributed by atoms with Crippen molar-refractivity contribution < 1.29 is 8.42 Å². The van der Waals surface area contributed by atoms with Gasteiger partial charge in [0.15, 0.2) is 0 Å². The third kappa shape index (κ3) is 4.04. The Labute approximate surface area is 120 Å². The molecule has 0 saturated heterocycles. The third-order valence-corrected chi connectivity index (χ3v) is 5.24. The van der Waals surface area contributed by atoms with Crippen molar-refractivity contribution in [3.63, 3.8) is 0 Å². The fourth-order valence-electron chi connectivity index (χ4n) is 2.69. The number of aryl methyl sites for hydroxylation is 1. The summed E-state index contributed by atoms with van der Waals surface area (Å²) in [5, 5.41) is 4.07. The number of nitrogens with one attached hydrogen (secondary N) is 1. The van der Waals surface area contributed by atoms with Crippen molar-refractivity contribution in [2.45, 2.75) is 56.5 Å². The van der Waals surface area contributed by atoms with Gasteiger partial charge < -0.3 is 5.73 Å². The van der Waals surface area contributed by atoms with Gasteiger partial charge in [0, 0.05) is 18.8 Å². The number of aromatic nitrogens is 2. The molecule has 2 atom stereocenters. The summed E-state index contributed by atoms with van der Waals surface area (Å²) in [6.45, 7) is 3.39. The lowest BCUT2D eigenvalue weighted by molar-refractivity contribution is 0.327. The molecule has 0 bridgehead atoms. The molecule has 2 unspecified atom stereocenters. The van der Waals surface area contributed by atoms with Crippen LogP contribution < -0.4 is 10.5 Å². The summed E-state index contributed by atoms with van der Waals surface area (Å²) in [4.78, 5) is 0.243. The summed E-state index contributed by atoms with van der Waals surface area (Å²) in [7, 11) is -3.45. The van der Waals surface area contributed by atoms with Crippen LogP contribution in [0.1, 0.15) is 39.0 Å². The second-order valence-corrected chi connectivity index (χ2v) is 7.39. The van der Waals surface area contributed by atoms with Gasteiger partial charge in [-0.3, -0.25) is 4.68 Å². The summed E-state index contributed by atoms with van der Waals surface area (Å²) in [5.74, 6) is 0.587. The Bertz CT molecular complexity index is 526. The second-order valence-electron chi connectivity index (χ2n) is 5.67. The number of sulfonamides is 1. The van der Waals surface area contributed by atoms with Crippen LogP contribution in [0.3, 0.4) is 0 Å². The molecule has 6 nitrogen and oxygen atoms in total. The molecule has 1 fully saturated rings. The van der Waals surface area contributed by atoms with Crippen LogP contribution in [-0.2, 0) is 16.6 Å². The highest BCUT2D eigenvalue weighted by atomic mass is 32.2. The highest BCUT2D eigenvalue weighted by Crippen LogP contribution is 2.24. The van der Waals surface area contributed by atoms with Gasteiger partial charge in [0.1, 0.15) is 4.90 Å². The molecule has 0 aliphatic heterocycles. The second kappa shape index (κ2) is 6.69. The minimum absolute atomic E-state index is 0.0520. The number of nitrogens with two attached hydrogens (primary N) is 1. The molecule has 3 N–H and O–H groups in total. The van der Waals surface area contributed by atoms with E-state index in [-0.39, 0.29) is 10.9 Å². The van der Waals surface area contributed by atoms with E-state index in [2.05, 4.69) is 16.7 Å². The third-order valence-electron chi connectivity index (χ3n) is 3.77. The first-order chi connectivity index (χ1) is 9.51. The molecular formula is C13H24N4O2S. The minimum Gasteiger partial charge on any atom is -0.330 e. The number of hydrogen-bond acceptors (Lipinski definition) is 4. The maximum Gasteiger partial charge on any atom is 0.243 e. The number of hydrogen-bond donors (Lipinski definition) is 2. The molecule has 1 aliphatic rings. The first-order valence-electron chi connectivity index (χ1n) is 7.26. The molecule has 2 rings (SSSR count). The predicted molar refractivity (Wildman–Crippen MR) is 77.6 cm³/mol. The summed E-state index contributed by atoms with van der Waals surface area (Å²) >= 11 is 0. The van der Waals surface area contributed by atoms with E-state index in [1.54, 1.807) is 10.9 Å². The fraction of sp³-hybridized carbons (Fsp3) is 0.769. The molecule has 1 saturated carbocycles. The Morgan fingerprint density at radius 1 is 1.50 bits per heavy atom. The summed E-state index contributed by atoms with van der Waals surface area (Å²) in [6.07, 6.45) is 7.88. The van der Waals surface area contributed by atoms with Crippen LogP contribution in [0.15, 0.2) is 17.3 Å². The summed E-state index contributed by atoms with van der Waals surface area (Å²) in [5.41, 5.74) is 5.43. The van der Waals surface area contributed by atoms with Gasteiger partial charge in [0.05, 0.1) is 6.20 Å². The highest BCUT2D eigenvalue weighted by Gasteiger charge is 2.25. The van der Waals surface area contributed by atoms with Crippen molar-refractivity contribution in [1.29, 1.82) is 0 Å². The molecule has 1 aromatic heterocycles. The molecule has 0 amide bonds. The van der Waals surface area contributed by atoms with Gasteiger partial charge in [-0.2, -0.15) is 5.10 Å². The van der Waals surface area contributed by atoms with Gasteiger partial charge in [-0.15, -0.1) is 0 Å². The lowest BCUT2D eigenvalue weighted by atomic mass is 9.88. The molecule has 114 valence electrons. The highest BCUT2D eigenvalue weighted by molar-refractivity contribution is 7.89. The number of rotatable bonds is 6. The average Bonchev–Trinajstić information content (AvgIpc) is 2.85. The van der Waals surface area contributed by atoms with Crippen LogP contribution in [0.2, 0.25) is 0 Å². The zero-order chi connectivity index (χ0) is 14.6. The van der Waals surface area contributed by atoms with E-state index < -0.39 is 10.0 Å². The molecule has 0 radical (unpaired) electrons. The van der Waals surface area contributed by atoms with Crippen molar-refractivity contribution in [2.75, 3.05) is 6.54 Å². The van der Waals surface area contributed by atoms with Crippen molar-refractivity contribution in [3.8, 4) is 0 Å². The lowest BCUT2D eigenvalue weighted by Gasteiger charge is -2.26. The molecule has 1 aliphatic carbocycles. The Balaban J connectivity index is 2.00. The summed E-state index contributed by atoms with van der Waals surface area (Å²) < 4.78 is 29.0. The SMILES string of the molecule is CC1CCCC(NS(=O)(=O)c2cnn(CCCN)c2)C1. The maximum absolute atomic E-state index is 12.3. The van der Waals surface area contributed by atoms with E-state index in [1.807, 2.05) is 0 Å². The Morgan fingerprint density at radius 2 is 2.30 bits per heavy atom. The van der Waals surface area contributed by atoms with Crippen LogP contribution in [0.4, 0.5) is 0 Å². The quantitative estimate of drug-likeness (QED) is 0.823. The van der Waals surface area contributed by atoms with Gasteiger partial charge in [0.2, 0.25) is 10.0 Å². The van der Waals surface area contributed by atoms with Gasteiger partial charge in [-0.1, -0.05) is 19.8 Å². The van der Waals surface area contributed by atoms with Crippen LogP contribution >= 0.6 is 0 Å². The van der Waals surface area contributed by atoms with Crippen molar-refractivity contribution >= 4 is 10.0 Å². The molecule has 0 spiro atoms. The monoisotopic (exact) mass is 300 g/mol. The zero-order valence-corrected chi connectivity index (χ0v) is 12.8. The Kier molecular flexibility index (Phi) is 5.17. The fourth-order valence-corrected chi connectivity index (χ4v) is 3.92.